The fraction of sp³-hybridized carbons (Fsp3) is 0.450. The van der Waals surface area contributed by atoms with E-state index >= 15 is 0 Å². The van der Waals surface area contributed by atoms with Crippen LogP contribution < -0.4 is 5.32 Å². The highest BCUT2D eigenvalue weighted by Gasteiger charge is 2.21. The fourth-order valence-electron chi connectivity index (χ4n) is 3.30. The molecule has 6 heteroatoms. The van der Waals surface area contributed by atoms with E-state index in [9.17, 15) is 13.2 Å². The topological polar surface area (TPSA) is 66.5 Å². The monoisotopic (exact) mass is 376 g/mol. The molecule has 0 saturated heterocycles. The van der Waals surface area contributed by atoms with Crippen molar-refractivity contribution in [3.05, 3.63) is 48.0 Å². The third kappa shape index (κ3) is 5.54. The van der Waals surface area contributed by atoms with Crippen LogP contribution in [0, 0.1) is 0 Å². The first-order valence-electron chi connectivity index (χ1n) is 8.90. The number of fused-ring (bicyclic) bond motifs is 1. The SMILES string of the molecule is CCN(CC(=O)NC(C)c1cccc2ccccc12)C(C)CS(C)(=O)=O. The largest absolute Gasteiger partial charge is 0.348 e. The molecule has 0 bridgehead atoms. The Balaban J connectivity index is 2.06. The number of likely N-dealkylation sites (N-methyl/N-ethyl adjacent to an activating group) is 1. The van der Waals surface area contributed by atoms with Gasteiger partial charge >= 0.3 is 0 Å². The third-order valence-electron chi connectivity index (χ3n) is 4.59. The first-order chi connectivity index (χ1) is 12.2. The van der Waals surface area contributed by atoms with Crippen LogP contribution in [0.4, 0.5) is 0 Å². The molecule has 2 aromatic rings. The Hall–Kier alpha value is -1.92. The first kappa shape index (κ1) is 20.4. The molecule has 0 aliphatic heterocycles. The number of hydrogen-bond donors (Lipinski definition) is 1. The Morgan fingerprint density at radius 3 is 2.42 bits per heavy atom. The molecule has 0 heterocycles. The van der Waals surface area contributed by atoms with Gasteiger partial charge in [0.2, 0.25) is 5.91 Å². The standard InChI is InChI=1S/C20H28N2O3S/c1-5-22(15(2)14-26(4,24)25)13-20(23)21-16(3)18-12-8-10-17-9-6-7-11-19(17)18/h6-12,15-16H,5,13-14H2,1-4H3,(H,21,23). The second-order valence-electron chi connectivity index (χ2n) is 6.86. The molecule has 0 aromatic heterocycles. The summed E-state index contributed by atoms with van der Waals surface area (Å²) < 4.78 is 23.0. The van der Waals surface area contributed by atoms with Crippen LogP contribution in [0.5, 0.6) is 0 Å². The molecule has 0 radical (unpaired) electrons. The van der Waals surface area contributed by atoms with Crippen molar-refractivity contribution in [2.45, 2.75) is 32.9 Å². The van der Waals surface area contributed by atoms with Gasteiger partial charge in [-0.3, -0.25) is 9.69 Å². The minimum atomic E-state index is -3.08. The van der Waals surface area contributed by atoms with E-state index in [2.05, 4.69) is 23.5 Å². The summed E-state index contributed by atoms with van der Waals surface area (Å²) in [6.07, 6.45) is 1.22. The van der Waals surface area contributed by atoms with Crippen molar-refractivity contribution in [1.82, 2.24) is 10.2 Å². The van der Waals surface area contributed by atoms with E-state index in [0.717, 1.165) is 16.3 Å². The summed E-state index contributed by atoms with van der Waals surface area (Å²) in [6.45, 7) is 6.54. The van der Waals surface area contributed by atoms with Gasteiger partial charge in [-0.1, -0.05) is 49.4 Å². The first-order valence-corrected chi connectivity index (χ1v) is 11.0. The lowest BCUT2D eigenvalue weighted by Gasteiger charge is -2.27. The Kier molecular flexibility index (Phi) is 6.78. The van der Waals surface area contributed by atoms with Gasteiger partial charge in [0.15, 0.2) is 0 Å². The van der Waals surface area contributed by atoms with E-state index in [1.165, 1.54) is 6.26 Å². The maximum Gasteiger partial charge on any atom is 0.234 e. The van der Waals surface area contributed by atoms with E-state index in [1.54, 1.807) is 0 Å². The number of carbonyl (C=O) groups excluding carboxylic acids is 1. The number of benzene rings is 2. The van der Waals surface area contributed by atoms with Crippen molar-refractivity contribution in [2.24, 2.45) is 0 Å². The summed E-state index contributed by atoms with van der Waals surface area (Å²) in [7, 11) is -3.08. The van der Waals surface area contributed by atoms with Crippen molar-refractivity contribution in [1.29, 1.82) is 0 Å². The van der Waals surface area contributed by atoms with Crippen LogP contribution in [-0.4, -0.2) is 50.4 Å². The molecule has 0 saturated carbocycles. The Labute approximate surface area is 156 Å². The second kappa shape index (κ2) is 8.64. The van der Waals surface area contributed by atoms with E-state index in [1.807, 2.05) is 49.9 Å². The highest BCUT2D eigenvalue weighted by atomic mass is 32.2. The number of carbonyl (C=O) groups is 1. The maximum atomic E-state index is 12.5. The van der Waals surface area contributed by atoms with Gasteiger partial charge in [0.05, 0.1) is 18.3 Å². The molecule has 2 atom stereocenters. The minimum absolute atomic E-state index is 0.0486. The van der Waals surface area contributed by atoms with Crippen LogP contribution >= 0.6 is 0 Å². The molecule has 2 aromatic carbocycles. The van der Waals surface area contributed by atoms with Crippen LogP contribution in [0.1, 0.15) is 32.4 Å². The molecule has 142 valence electrons. The molecule has 1 N–H and O–H groups in total. The quantitative estimate of drug-likeness (QED) is 0.769. The smallest absolute Gasteiger partial charge is 0.234 e. The van der Waals surface area contributed by atoms with E-state index in [0.29, 0.717) is 6.54 Å². The molecule has 0 aliphatic rings. The van der Waals surface area contributed by atoms with Crippen molar-refractivity contribution in [3.63, 3.8) is 0 Å². The van der Waals surface area contributed by atoms with E-state index < -0.39 is 9.84 Å². The maximum absolute atomic E-state index is 12.5. The lowest BCUT2D eigenvalue weighted by atomic mass is 10.00. The molecule has 2 unspecified atom stereocenters. The van der Waals surface area contributed by atoms with E-state index in [4.69, 9.17) is 0 Å². The average molecular weight is 377 g/mol. The van der Waals surface area contributed by atoms with Gasteiger partial charge in [-0.15, -0.1) is 0 Å². The highest BCUT2D eigenvalue weighted by molar-refractivity contribution is 7.90. The van der Waals surface area contributed by atoms with Crippen molar-refractivity contribution in [3.8, 4) is 0 Å². The van der Waals surface area contributed by atoms with Crippen molar-refractivity contribution < 1.29 is 13.2 Å². The van der Waals surface area contributed by atoms with Gasteiger partial charge in [-0.2, -0.15) is 0 Å². The van der Waals surface area contributed by atoms with Gasteiger partial charge in [-0.25, -0.2) is 8.42 Å². The molecule has 0 spiro atoms. The predicted octanol–water partition coefficient (Wildman–Crippen LogP) is 2.77. The van der Waals surface area contributed by atoms with E-state index in [-0.39, 0.29) is 30.3 Å². The second-order valence-corrected chi connectivity index (χ2v) is 9.05. The van der Waals surface area contributed by atoms with Crippen LogP contribution in [0.15, 0.2) is 42.5 Å². The number of nitrogens with zero attached hydrogens (tertiary/aromatic N) is 1. The lowest BCUT2D eigenvalue weighted by Crippen LogP contribution is -2.44. The number of amides is 1. The zero-order valence-corrected chi connectivity index (χ0v) is 16.7. The van der Waals surface area contributed by atoms with Gasteiger partial charge in [0, 0.05) is 12.3 Å². The fourth-order valence-corrected chi connectivity index (χ4v) is 4.39. The van der Waals surface area contributed by atoms with Gasteiger partial charge in [0.25, 0.3) is 0 Å². The van der Waals surface area contributed by atoms with Crippen molar-refractivity contribution in [2.75, 3.05) is 25.1 Å². The molecule has 2 rings (SSSR count). The van der Waals surface area contributed by atoms with Crippen LogP contribution in [-0.2, 0) is 14.6 Å². The number of hydrogen-bond acceptors (Lipinski definition) is 4. The average Bonchev–Trinajstić information content (AvgIpc) is 2.57. The Bertz CT molecular complexity index is 859. The molecule has 1 amide bonds. The number of rotatable bonds is 8. The summed E-state index contributed by atoms with van der Waals surface area (Å²) in [5, 5.41) is 5.31. The number of nitrogens with one attached hydrogen (secondary N) is 1. The zero-order chi connectivity index (χ0) is 19.3. The summed E-state index contributed by atoms with van der Waals surface area (Å²) >= 11 is 0. The predicted molar refractivity (Wildman–Crippen MR) is 107 cm³/mol. The number of sulfone groups is 1. The Morgan fingerprint density at radius 1 is 1.12 bits per heavy atom. The van der Waals surface area contributed by atoms with Crippen LogP contribution in [0.3, 0.4) is 0 Å². The molecular weight excluding hydrogens is 348 g/mol. The van der Waals surface area contributed by atoms with Crippen molar-refractivity contribution >= 4 is 26.5 Å². The molecule has 0 fully saturated rings. The summed E-state index contributed by atoms with van der Waals surface area (Å²) in [5.74, 6) is -0.0554. The summed E-state index contributed by atoms with van der Waals surface area (Å²) in [5.41, 5.74) is 1.07. The molecule has 5 nitrogen and oxygen atoms in total. The zero-order valence-electron chi connectivity index (χ0n) is 15.9. The Morgan fingerprint density at radius 2 is 1.77 bits per heavy atom. The van der Waals surface area contributed by atoms with Gasteiger partial charge in [-0.05, 0) is 36.7 Å². The molecular formula is C20H28N2O3S. The minimum Gasteiger partial charge on any atom is -0.348 e. The molecule has 0 aliphatic carbocycles. The molecule has 26 heavy (non-hydrogen) atoms. The lowest BCUT2D eigenvalue weighted by molar-refractivity contribution is -0.123. The summed E-state index contributed by atoms with van der Waals surface area (Å²) in [4.78, 5) is 14.4. The third-order valence-corrected chi connectivity index (χ3v) is 5.68. The van der Waals surface area contributed by atoms with Crippen LogP contribution in [0.2, 0.25) is 0 Å². The van der Waals surface area contributed by atoms with Gasteiger partial charge < -0.3 is 5.32 Å². The highest BCUT2D eigenvalue weighted by Crippen LogP contribution is 2.24. The normalized spacial score (nSPS) is 14.3. The van der Waals surface area contributed by atoms with Gasteiger partial charge in [0.1, 0.15) is 9.84 Å². The summed E-state index contributed by atoms with van der Waals surface area (Å²) in [6, 6.07) is 13.8. The van der Waals surface area contributed by atoms with Crippen LogP contribution in [0.25, 0.3) is 10.8 Å².